The summed E-state index contributed by atoms with van der Waals surface area (Å²) >= 11 is 0. The normalized spacial score (nSPS) is 20.4. The molecule has 7 heteroatoms. The van der Waals surface area contributed by atoms with Crippen molar-refractivity contribution in [3.05, 3.63) is 42.0 Å². The lowest BCUT2D eigenvalue weighted by Gasteiger charge is -2.23. The fraction of sp³-hybridized carbons (Fsp3) is 0.471. The molecule has 3 rings (SSSR count). The van der Waals surface area contributed by atoms with E-state index in [0.717, 1.165) is 0 Å². The Hall–Kier alpha value is -2.41. The van der Waals surface area contributed by atoms with Gasteiger partial charge in [0.05, 0.1) is 6.54 Å². The van der Waals surface area contributed by atoms with Gasteiger partial charge >= 0.3 is 0 Å². The van der Waals surface area contributed by atoms with Gasteiger partial charge in [0.25, 0.3) is 0 Å². The number of rotatable bonds is 5. The quantitative estimate of drug-likeness (QED) is 0.882. The fourth-order valence-electron chi connectivity index (χ4n) is 2.86. The first-order valence-corrected chi connectivity index (χ1v) is 8.01. The SMILES string of the molecule is Cc1nc(C)n(CC(=O)N2CCC(O)(COc3ccccc3)C2)n1. The Kier molecular flexibility index (Phi) is 4.53. The predicted molar refractivity (Wildman–Crippen MR) is 87.6 cm³/mol. The van der Waals surface area contributed by atoms with E-state index in [2.05, 4.69) is 10.1 Å². The number of hydrogen-bond acceptors (Lipinski definition) is 5. The maximum atomic E-state index is 12.4. The number of benzene rings is 1. The highest BCUT2D eigenvalue weighted by Crippen LogP contribution is 2.23. The minimum absolute atomic E-state index is 0.0707. The Labute approximate surface area is 140 Å². The summed E-state index contributed by atoms with van der Waals surface area (Å²) in [6.07, 6.45) is 0.501. The molecule has 7 nitrogen and oxygen atoms in total. The van der Waals surface area contributed by atoms with Crippen molar-refractivity contribution in [2.24, 2.45) is 0 Å². The van der Waals surface area contributed by atoms with E-state index in [4.69, 9.17) is 4.74 Å². The van der Waals surface area contributed by atoms with E-state index in [1.165, 1.54) is 0 Å². The smallest absolute Gasteiger partial charge is 0.244 e. The molecule has 128 valence electrons. The van der Waals surface area contributed by atoms with Crippen LogP contribution in [0.4, 0.5) is 0 Å². The van der Waals surface area contributed by atoms with Crippen LogP contribution in [0.15, 0.2) is 30.3 Å². The van der Waals surface area contributed by atoms with Crippen LogP contribution in [0, 0.1) is 13.8 Å². The Morgan fingerprint density at radius 2 is 2.08 bits per heavy atom. The summed E-state index contributed by atoms with van der Waals surface area (Å²) in [7, 11) is 0. The summed E-state index contributed by atoms with van der Waals surface area (Å²) in [5.74, 6) is 2.00. The van der Waals surface area contributed by atoms with Crippen molar-refractivity contribution in [3.63, 3.8) is 0 Å². The molecule has 1 atom stereocenters. The molecular weight excluding hydrogens is 308 g/mol. The number of nitrogens with zero attached hydrogens (tertiary/aromatic N) is 4. The van der Waals surface area contributed by atoms with Crippen molar-refractivity contribution in [3.8, 4) is 5.75 Å². The molecule has 1 aliphatic heterocycles. The number of likely N-dealkylation sites (tertiary alicyclic amines) is 1. The zero-order valence-electron chi connectivity index (χ0n) is 14.0. The van der Waals surface area contributed by atoms with E-state index >= 15 is 0 Å². The van der Waals surface area contributed by atoms with Crippen LogP contribution in [0.1, 0.15) is 18.1 Å². The van der Waals surface area contributed by atoms with Crippen LogP contribution in [0.25, 0.3) is 0 Å². The summed E-state index contributed by atoms with van der Waals surface area (Å²) < 4.78 is 7.24. The maximum Gasteiger partial charge on any atom is 0.244 e. The van der Waals surface area contributed by atoms with Gasteiger partial charge in [0.15, 0.2) is 0 Å². The van der Waals surface area contributed by atoms with Crippen molar-refractivity contribution in [1.82, 2.24) is 19.7 Å². The van der Waals surface area contributed by atoms with Gasteiger partial charge in [0.2, 0.25) is 5.91 Å². The van der Waals surface area contributed by atoms with Crippen LogP contribution in [0.5, 0.6) is 5.75 Å². The first-order chi connectivity index (χ1) is 11.5. The van der Waals surface area contributed by atoms with Crippen LogP contribution < -0.4 is 4.74 Å². The monoisotopic (exact) mass is 330 g/mol. The third-order valence-corrected chi connectivity index (χ3v) is 4.18. The average molecular weight is 330 g/mol. The van der Waals surface area contributed by atoms with Gasteiger partial charge in [-0.1, -0.05) is 18.2 Å². The van der Waals surface area contributed by atoms with E-state index in [0.29, 0.717) is 30.4 Å². The van der Waals surface area contributed by atoms with Crippen molar-refractivity contribution in [2.45, 2.75) is 32.4 Å². The summed E-state index contributed by atoms with van der Waals surface area (Å²) in [6, 6.07) is 9.36. The standard InChI is InChI=1S/C17H22N4O3/c1-13-18-14(2)21(19-13)10-16(22)20-9-8-17(23,11-20)12-24-15-6-4-3-5-7-15/h3-7,23H,8-12H2,1-2H3. The van der Waals surface area contributed by atoms with Crippen LogP contribution in [-0.2, 0) is 11.3 Å². The van der Waals surface area contributed by atoms with Gasteiger partial charge in [0, 0.05) is 6.54 Å². The van der Waals surface area contributed by atoms with Gasteiger partial charge in [-0.3, -0.25) is 4.79 Å². The highest BCUT2D eigenvalue weighted by Gasteiger charge is 2.39. The molecule has 2 heterocycles. The lowest BCUT2D eigenvalue weighted by atomic mass is 10.1. The second kappa shape index (κ2) is 6.60. The zero-order chi connectivity index (χ0) is 17.2. The van der Waals surface area contributed by atoms with Crippen molar-refractivity contribution >= 4 is 5.91 Å². The number of aromatic nitrogens is 3. The number of hydrogen-bond donors (Lipinski definition) is 1. The largest absolute Gasteiger partial charge is 0.491 e. The molecule has 1 unspecified atom stereocenters. The Bertz CT molecular complexity index is 716. The Morgan fingerprint density at radius 1 is 1.33 bits per heavy atom. The first-order valence-electron chi connectivity index (χ1n) is 8.01. The second-order valence-corrected chi connectivity index (χ2v) is 6.26. The summed E-state index contributed by atoms with van der Waals surface area (Å²) in [4.78, 5) is 18.3. The molecule has 1 aliphatic rings. The van der Waals surface area contributed by atoms with Crippen LogP contribution in [-0.4, -0.2) is 56.0 Å². The lowest BCUT2D eigenvalue weighted by Crippen LogP contribution is -2.41. The van der Waals surface area contributed by atoms with Gasteiger partial charge in [-0.05, 0) is 32.4 Å². The fourth-order valence-corrected chi connectivity index (χ4v) is 2.86. The van der Waals surface area contributed by atoms with E-state index < -0.39 is 5.60 Å². The molecular formula is C17H22N4O3. The van der Waals surface area contributed by atoms with Crippen molar-refractivity contribution < 1.29 is 14.6 Å². The zero-order valence-corrected chi connectivity index (χ0v) is 14.0. The Balaban J connectivity index is 1.55. The molecule has 1 N–H and O–H groups in total. The number of β-amino-alcohol motifs (C(OH)–C–C–N with tert-alkyl or cyclic N) is 1. The van der Waals surface area contributed by atoms with E-state index in [1.807, 2.05) is 37.3 Å². The summed E-state index contributed by atoms with van der Waals surface area (Å²) in [5, 5.41) is 14.8. The van der Waals surface area contributed by atoms with Crippen molar-refractivity contribution in [1.29, 1.82) is 0 Å². The van der Waals surface area contributed by atoms with E-state index in [9.17, 15) is 9.90 Å². The van der Waals surface area contributed by atoms with E-state index in [1.54, 1.807) is 16.5 Å². The summed E-state index contributed by atoms with van der Waals surface area (Å²) in [6.45, 7) is 4.71. The molecule has 1 aromatic heterocycles. The van der Waals surface area contributed by atoms with Crippen LogP contribution in [0.2, 0.25) is 0 Å². The first kappa shape index (κ1) is 16.4. The third-order valence-electron chi connectivity index (χ3n) is 4.18. The van der Waals surface area contributed by atoms with E-state index in [-0.39, 0.29) is 25.6 Å². The molecule has 1 aromatic carbocycles. The predicted octanol–water partition coefficient (Wildman–Crippen LogP) is 0.937. The van der Waals surface area contributed by atoms with Gasteiger partial charge in [-0.25, -0.2) is 9.67 Å². The molecule has 1 fully saturated rings. The number of para-hydroxylation sites is 1. The third kappa shape index (κ3) is 3.73. The number of carbonyl (C=O) groups is 1. The Morgan fingerprint density at radius 3 is 2.75 bits per heavy atom. The van der Waals surface area contributed by atoms with Gasteiger partial charge in [0.1, 0.15) is 36.2 Å². The average Bonchev–Trinajstić information content (AvgIpc) is 3.10. The number of amides is 1. The number of aryl methyl sites for hydroxylation is 2. The molecule has 0 aliphatic carbocycles. The summed E-state index contributed by atoms with van der Waals surface area (Å²) in [5.41, 5.74) is -1.02. The highest BCUT2D eigenvalue weighted by molar-refractivity contribution is 5.76. The highest BCUT2D eigenvalue weighted by atomic mass is 16.5. The molecule has 0 bridgehead atoms. The van der Waals surface area contributed by atoms with Gasteiger partial charge in [-0.2, -0.15) is 5.10 Å². The number of aliphatic hydroxyl groups is 1. The molecule has 2 aromatic rings. The van der Waals surface area contributed by atoms with Crippen molar-refractivity contribution in [2.75, 3.05) is 19.7 Å². The number of carbonyl (C=O) groups excluding carboxylic acids is 1. The molecule has 1 amide bonds. The maximum absolute atomic E-state index is 12.4. The minimum atomic E-state index is -1.02. The van der Waals surface area contributed by atoms with Crippen LogP contribution >= 0.6 is 0 Å². The lowest BCUT2D eigenvalue weighted by molar-refractivity contribution is -0.132. The topological polar surface area (TPSA) is 80.5 Å². The molecule has 0 spiro atoms. The van der Waals surface area contributed by atoms with Crippen LogP contribution in [0.3, 0.4) is 0 Å². The molecule has 1 saturated heterocycles. The van der Waals surface area contributed by atoms with Gasteiger partial charge in [-0.15, -0.1) is 0 Å². The second-order valence-electron chi connectivity index (χ2n) is 6.26. The molecule has 24 heavy (non-hydrogen) atoms. The number of ether oxygens (including phenoxy) is 1. The minimum Gasteiger partial charge on any atom is -0.491 e. The molecule has 0 saturated carbocycles. The molecule has 0 radical (unpaired) electrons. The van der Waals surface area contributed by atoms with Gasteiger partial charge < -0.3 is 14.7 Å².